The standard InChI is InChI=1S/C11H24O2/c1-3-5-11(9-13)8-10(4-2)6-7-12/h10-13H,3-9H2,1-2H3. The highest BCUT2D eigenvalue weighted by atomic mass is 16.3. The van der Waals surface area contributed by atoms with Gasteiger partial charge in [-0.2, -0.15) is 0 Å². The molecule has 0 radical (unpaired) electrons. The summed E-state index contributed by atoms with van der Waals surface area (Å²) >= 11 is 0. The maximum atomic E-state index is 9.11. The van der Waals surface area contributed by atoms with Crippen LogP contribution in [0.1, 0.15) is 46.0 Å². The van der Waals surface area contributed by atoms with E-state index in [1.165, 1.54) is 0 Å². The highest BCUT2D eigenvalue weighted by Crippen LogP contribution is 2.21. The molecule has 2 nitrogen and oxygen atoms in total. The van der Waals surface area contributed by atoms with Crippen LogP contribution in [0.2, 0.25) is 0 Å². The molecule has 0 heterocycles. The summed E-state index contributed by atoms with van der Waals surface area (Å²) in [6.45, 7) is 4.88. The molecule has 0 rings (SSSR count). The van der Waals surface area contributed by atoms with Crippen LogP contribution in [0.4, 0.5) is 0 Å². The van der Waals surface area contributed by atoms with Crippen molar-refractivity contribution in [3.05, 3.63) is 0 Å². The van der Waals surface area contributed by atoms with Crippen molar-refractivity contribution >= 4 is 0 Å². The Labute approximate surface area is 82.0 Å². The number of hydrogen-bond donors (Lipinski definition) is 2. The molecule has 0 aromatic carbocycles. The van der Waals surface area contributed by atoms with Crippen molar-refractivity contribution in [2.24, 2.45) is 11.8 Å². The van der Waals surface area contributed by atoms with Crippen LogP contribution >= 0.6 is 0 Å². The quantitative estimate of drug-likeness (QED) is 0.613. The predicted octanol–water partition coefficient (Wildman–Crippen LogP) is 2.19. The molecule has 0 aliphatic carbocycles. The van der Waals surface area contributed by atoms with Crippen molar-refractivity contribution in [2.45, 2.75) is 46.0 Å². The van der Waals surface area contributed by atoms with Crippen LogP contribution in [0.25, 0.3) is 0 Å². The van der Waals surface area contributed by atoms with Gasteiger partial charge in [0, 0.05) is 13.2 Å². The van der Waals surface area contributed by atoms with Gasteiger partial charge in [0.2, 0.25) is 0 Å². The number of hydrogen-bond acceptors (Lipinski definition) is 2. The number of aliphatic hydroxyl groups is 2. The lowest BCUT2D eigenvalue weighted by Crippen LogP contribution is -2.13. The van der Waals surface area contributed by atoms with E-state index in [0.717, 1.165) is 32.1 Å². The van der Waals surface area contributed by atoms with Crippen LogP contribution in [0.3, 0.4) is 0 Å². The molecule has 2 unspecified atom stereocenters. The first-order valence-corrected chi connectivity index (χ1v) is 5.50. The molecule has 0 bridgehead atoms. The van der Waals surface area contributed by atoms with Crippen molar-refractivity contribution in [1.29, 1.82) is 0 Å². The molecule has 0 aromatic rings. The summed E-state index contributed by atoms with van der Waals surface area (Å²) in [6.07, 6.45) is 5.32. The molecule has 0 amide bonds. The van der Waals surface area contributed by atoms with E-state index in [4.69, 9.17) is 10.2 Å². The van der Waals surface area contributed by atoms with E-state index < -0.39 is 0 Å². The first-order chi connectivity index (χ1) is 6.28. The minimum Gasteiger partial charge on any atom is -0.396 e. The Balaban J connectivity index is 3.73. The highest BCUT2D eigenvalue weighted by Gasteiger charge is 2.13. The van der Waals surface area contributed by atoms with Gasteiger partial charge in [0.05, 0.1) is 0 Å². The Morgan fingerprint density at radius 2 is 1.69 bits per heavy atom. The van der Waals surface area contributed by atoms with Gasteiger partial charge >= 0.3 is 0 Å². The third kappa shape index (κ3) is 6.05. The van der Waals surface area contributed by atoms with E-state index in [-0.39, 0.29) is 6.61 Å². The fourth-order valence-corrected chi connectivity index (χ4v) is 1.83. The third-order valence-electron chi connectivity index (χ3n) is 2.74. The normalized spacial score (nSPS) is 15.7. The van der Waals surface area contributed by atoms with E-state index in [9.17, 15) is 0 Å². The van der Waals surface area contributed by atoms with Crippen molar-refractivity contribution in [3.63, 3.8) is 0 Å². The third-order valence-corrected chi connectivity index (χ3v) is 2.74. The van der Waals surface area contributed by atoms with Gasteiger partial charge in [-0.05, 0) is 31.1 Å². The van der Waals surface area contributed by atoms with Gasteiger partial charge in [0.25, 0.3) is 0 Å². The van der Waals surface area contributed by atoms with Gasteiger partial charge in [-0.25, -0.2) is 0 Å². The zero-order valence-corrected chi connectivity index (χ0v) is 9.00. The van der Waals surface area contributed by atoms with E-state index in [0.29, 0.717) is 18.4 Å². The first-order valence-electron chi connectivity index (χ1n) is 5.50. The lowest BCUT2D eigenvalue weighted by molar-refractivity contribution is 0.173. The van der Waals surface area contributed by atoms with E-state index in [1.807, 2.05) is 0 Å². The Hall–Kier alpha value is -0.0800. The molecule has 0 aliphatic rings. The molecule has 80 valence electrons. The van der Waals surface area contributed by atoms with Crippen LogP contribution in [-0.4, -0.2) is 23.4 Å². The molecule has 0 fully saturated rings. The zero-order chi connectivity index (χ0) is 10.1. The molecule has 0 saturated carbocycles. The van der Waals surface area contributed by atoms with E-state index in [2.05, 4.69) is 13.8 Å². The summed E-state index contributed by atoms with van der Waals surface area (Å²) in [4.78, 5) is 0. The van der Waals surface area contributed by atoms with Gasteiger partial charge in [0.1, 0.15) is 0 Å². The van der Waals surface area contributed by atoms with Gasteiger partial charge in [0.15, 0.2) is 0 Å². The molecule has 0 spiro atoms. The van der Waals surface area contributed by atoms with Gasteiger partial charge < -0.3 is 10.2 Å². The zero-order valence-electron chi connectivity index (χ0n) is 9.00. The Bertz CT molecular complexity index is 92.3. The highest BCUT2D eigenvalue weighted by molar-refractivity contribution is 4.64. The average Bonchev–Trinajstić information content (AvgIpc) is 2.16. The first kappa shape index (κ1) is 12.9. The minimum atomic E-state index is 0.281. The predicted molar refractivity (Wildman–Crippen MR) is 55.6 cm³/mol. The smallest absolute Gasteiger partial charge is 0.0459 e. The molecule has 2 atom stereocenters. The molecule has 0 aliphatic heterocycles. The van der Waals surface area contributed by atoms with Crippen LogP contribution in [0.15, 0.2) is 0 Å². The summed E-state index contributed by atoms with van der Waals surface area (Å²) in [5.41, 5.74) is 0. The Morgan fingerprint density at radius 3 is 2.08 bits per heavy atom. The SMILES string of the molecule is CCCC(CO)CC(CC)CCO. The second-order valence-corrected chi connectivity index (χ2v) is 3.86. The maximum Gasteiger partial charge on any atom is 0.0459 e. The van der Waals surface area contributed by atoms with E-state index >= 15 is 0 Å². The summed E-state index contributed by atoms with van der Waals surface area (Å²) in [5.74, 6) is 1.04. The van der Waals surface area contributed by atoms with Crippen LogP contribution in [0, 0.1) is 11.8 Å². The molecule has 13 heavy (non-hydrogen) atoms. The van der Waals surface area contributed by atoms with Crippen molar-refractivity contribution in [2.75, 3.05) is 13.2 Å². The van der Waals surface area contributed by atoms with Crippen LogP contribution < -0.4 is 0 Å². The monoisotopic (exact) mass is 188 g/mol. The topological polar surface area (TPSA) is 40.5 Å². The fraction of sp³-hybridized carbons (Fsp3) is 1.00. The number of aliphatic hydroxyl groups excluding tert-OH is 2. The average molecular weight is 188 g/mol. The summed E-state index contributed by atoms with van der Waals surface area (Å²) in [5, 5.41) is 17.9. The van der Waals surface area contributed by atoms with Crippen molar-refractivity contribution < 1.29 is 10.2 Å². The largest absolute Gasteiger partial charge is 0.396 e. The second kappa shape index (κ2) is 8.52. The fourth-order valence-electron chi connectivity index (χ4n) is 1.83. The maximum absolute atomic E-state index is 9.11. The molecular formula is C11H24O2. The minimum absolute atomic E-state index is 0.281. The molecule has 0 saturated heterocycles. The van der Waals surface area contributed by atoms with Crippen LogP contribution in [0.5, 0.6) is 0 Å². The molecule has 2 N–H and O–H groups in total. The lowest BCUT2D eigenvalue weighted by Gasteiger charge is -2.19. The van der Waals surface area contributed by atoms with Gasteiger partial charge in [-0.15, -0.1) is 0 Å². The van der Waals surface area contributed by atoms with Crippen molar-refractivity contribution in [1.82, 2.24) is 0 Å². The van der Waals surface area contributed by atoms with Gasteiger partial charge in [-0.3, -0.25) is 0 Å². The second-order valence-electron chi connectivity index (χ2n) is 3.86. The summed E-state index contributed by atoms with van der Waals surface area (Å²) in [7, 11) is 0. The van der Waals surface area contributed by atoms with Crippen molar-refractivity contribution in [3.8, 4) is 0 Å². The molecular weight excluding hydrogens is 164 g/mol. The molecule has 0 aromatic heterocycles. The summed E-state index contributed by atoms with van der Waals surface area (Å²) in [6, 6.07) is 0. The number of rotatable bonds is 8. The summed E-state index contributed by atoms with van der Waals surface area (Å²) < 4.78 is 0. The Kier molecular flexibility index (Phi) is 8.46. The van der Waals surface area contributed by atoms with Gasteiger partial charge in [-0.1, -0.05) is 26.7 Å². The van der Waals surface area contributed by atoms with E-state index in [1.54, 1.807) is 0 Å². The Morgan fingerprint density at radius 1 is 1.00 bits per heavy atom. The lowest BCUT2D eigenvalue weighted by atomic mass is 9.88. The van der Waals surface area contributed by atoms with Crippen LogP contribution in [-0.2, 0) is 0 Å². The molecule has 2 heteroatoms.